The normalized spacial score (nSPS) is 10.5. The van der Waals surface area contributed by atoms with Crippen molar-refractivity contribution in [3.8, 4) is 39.6 Å². The number of hydrogen-bond acceptors (Lipinski definition) is 13. The van der Waals surface area contributed by atoms with E-state index < -0.39 is 60.6 Å². The molecule has 2 aromatic heterocycles. The van der Waals surface area contributed by atoms with E-state index in [9.17, 15) is 39.6 Å². The molecule has 71 heavy (non-hydrogen) atoms. The monoisotopic (exact) mass is 1420 g/mol. The van der Waals surface area contributed by atoms with Gasteiger partial charge in [0.15, 0.2) is 5.75 Å². The van der Waals surface area contributed by atoms with Gasteiger partial charge in [-0.2, -0.15) is 4.39 Å². The Morgan fingerprint density at radius 1 is 0.634 bits per heavy atom. The molecule has 3 N–H and O–H groups in total. The maximum absolute atomic E-state index is 14.5. The van der Waals surface area contributed by atoms with Crippen molar-refractivity contribution in [2.24, 2.45) is 0 Å². The van der Waals surface area contributed by atoms with Crippen molar-refractivity contribution in [1.82, 2.24) is 19.4 Å². The van der Waals surface area contributed by atoms with Crippen LogP contribution in [-0.4, -0.2) is 62.7 Å². The summed E-state index contributed by atoms with van der Waals surface area (Å²) in [6.07, 6.45) is 3.97. The third-order valence-electron chi connectivity index (χ3n) is 8.04. The molecule has 0 saturated carbocycles. The number of sulfonamides is 2. The van der Waals surface area contributed by atoms with Gasteiger partial charge in [0.25, 0.3) is 18.3 Å². The SMILES string of the molecule is CS(=O)(=O)NC(=O)c1cc(Cl)c(-c2cnc(F)c(Cl)c2)cc1F.Cc1cc(Cl)cc(Cl)c1O.Cc1cc(Cl)cc(Cl)c1Oc1ncc(-c2cc(F)c(C(=O)NS(C)(=O)=O)cc2Cl)cc1Cl.O=CO[O-].[Cs+].[Cs+].[H-]. The van der Waals surface area contributed by atoms with Crippen molar-refractivity contribution in [1.29, 1.82) is 0 Å². The van der Waals surface area contributed by atoms with Crippen molar-refractivity contribution in [2.75, 3.05) is 12.5 Å². The molecule has 0 radical (unpaired) electrons. The number of halogens is 11. The Balaban J connectivity index is 0.00000110. The summed E-state index contributed by atoms with van der Waals surface area (Å²) in [5.41, 5.74) is 1.14. The molecule has 0 aliphatic rings. The summed E-state index contributed by atoms with van der Waals surface area (Å²) in [6.45, 7) is 3.31. The Morgan fingerprint density at radius 3 is 1.42 bits per heavy atom. The Labute approximate surface area is 563 Å². The number of nitrogens with zero attached hydrogens (tertiary/aromatic N) is 2. The van der Waals surface area contributed by atoms with Gasteiger partial charge in [0.1, 0.15) is 22.4 Å². The number of pyridine rings is 2. The van der Waals surface area contributed by atoms with Crippen LogP contribution in [0.2, 0.25) is 40.2 Å². The fraction of sp³-hybridized carbons (Fsp3) is 0.0976. The summed E-state index contributed by atoms with van der Waals surface area (Å²) < 4.78 is 95.2. The van der Waals surface area contributed by atoms with E-state index in [1.807, 2.05) is 0 Å². The third-order valence-corrected chi connectivity index (χ3v) is 11.3. The molecular formula is C41H29Cl8Cs2F3N4O11S2. The fourth-order valence-electron chi connectivity index (χ4n) is 5.16. The van der Waals surface area contributed by atoms with Gasteiger partial charge in [0.05, 0.1) is 38.7 Å². The van der Waals surface area contributed by atoms with Crippen molar-refractivity contribution < 1.29 is 204 Å². The van der Waals surface area contributed by atoms with Gasteiger partial charge < -0.3 is 21.4 Å². The number of aryl methyl sites for hydroxylation is 2. The Kier molecular flexibility index (Phi) is 29.7. The zero-order valence-corrected chi connectivity index (χ0v) is 57.1. The number of carbonyl (C=O) groups is 3. The number of nitrogens with one attached hydrogen (secondary N) is 2. The molecular weight excluding hydrogens is 1400 g/mol. The van der Waals surface area contributed by atoms with Gasteiger partial charge in [-0.1, -0.05) is 92.8 Å². The summed E-state index contributed by atoms with van der Waals surface area (Å²) in [5.74, 6) is -4.71. The van der Waals surface area contributed by atoms with Gasteiger partial charge >= 0.3 is 138 Å². The molecule has 0 atom stereocenters. The van der Waals surface area contributed by atoms with Gasteiger partial charge in [-0.05, 0) is 85.6 Å². The minimum Gasteiger partial charge on any atom is -1.00 e. The van der Waals surface area contributed by atoms with E-state index in [1.165, 1.54) is 30.5 Å². The van der Waals surface area contributed by atoms with E-state index in [-0.39, 0.29) is 199 Å². The molecule has 0 aliphatic heterocycles. The summed E-state index contributed by atoms with van der Waals surface area (Å²) in [6, 6.07) is 12.8. The number of amides is 2. The van der Waals surface area contributed by atoms with Crippen LogP contribution in [0, 0.1) is 31.4 Å². The van der Waals surface area contributed by atoms with Crippen molar-refractivity contribution in [3.05, 3.63) is 153 Å². The zero-order chi connectivity index (χ0) is 52.3. The molecule has 0 aliphatic carbocycles. The molecule has 0 fully saturated rings. The zero-order valence-electron chi connectivity index (χ0n) is 37.9. The summed E-state index contributed by atoms with van der Waals surface area (Å²) in [5, 5.41) is 18.8. The Morgan fingerprint density at radius 2 is 1.04 bits per heavy atom. The molecule has 0 unspecified atom stereocenters. The second-order valence-electron chi connectivity index (χ2n) is 13.4. The number of aromatic nitrogens is 2. The first-order valence-electron chi connectivity index (χ1n) is 18.0. The van der Waals surface area contributed by atoms with Crippen LogP contribution in [0.3, 0.4) is 0 Å². The number of ether oxygens (including phenoxy) is 1. The van der Waals surface area contributed by atoms with E-state index in [1.54, 1.807) is 35.4 Å². The number of carbonyl (C=O) groups excluding carboxylic acids is 3. The first-order chi connectivity index (χ1) is 32.0. The standard InChI is InChI=1S/C20H13Cl4FN2O4S.C13H8Cl2F2N2O3S.C7H6Cl2O.CH2O3.2Cs.H/c1-9-3-11(21)5-15(23)18(9)31-20-16(24)4-10(8-26-20)12-7-17(25)13(6-14(12)22)19(28)27-32(2,29)30;1-23(21,22)19-13(20)8-3-9(14)7(4-11(8)16)6-2-10(15)12(17)18-5-6;1-4-2-5(8)3-6(9)7(4)10;2-1-4-3;;;/h3-8H,1-2H3,(H,27,28);2-5H,1H3,(H,19,20);2-3,10H,1H3;1,3H;;;/q;;;;2*+1;-1/p-1. The molecule has 2 amide bonds. The van der Waals surface area contributed by atoms with Crippen LogP contribution in [0.15, 0.2) is 73.1 Å². The quantitative estimate of drug-likeness (QED) is 0.0760. The van der Waals surface area contributed by atoms with Crippen LogP contribution in [-0.2, 0) is 29.7 Å². The molecule has 6 rings (SSSR count). The van der Waals surface area contributed by atoms with Gasteiger partial charge in [0.2, 0.25) is 31.9 Å². The molecule has 0 saturated heterocycles. The third kappa shape index (κ3) is 21.7. The number of hydrogen-bond donors (Lipinski definition) is 3. The summed E-state index contributed by atoms with van der Waals surface area (Å²) >= 11 is 47.4. The first-order valence-corrected chi connectivity index (χ1v) is 24.8. The Hall–Kier alpha value is -0.736. The number of phenols is 1. The molecule has 15 nitrogen and oxygen atoms in total. The number of phenolic OH excluding ortho intramolecular Hbond substituents is 1. The van der Waals surface area contributed by atoms with Gasteiger partial charge in [-0.25, -0.2) is 45.0 Å². The summed E-state index contributed by atoms with van der Waals surface area (Å²) in [4.78, 5) is 42.5. The largest absolute Gasteiger partial charge is 1.00 e. The maximum Gasteiger partial charge on any atom is 1.00 e. The van der Waals surface area contributed by atoms with Crippen molar-refractivity contribution in [2.45, 2.75) is 13.8 Å². The van der Waals surface area contributed by atoms with Crippen LogP contribution in [0.4, 0.5) is 13.2 Å². The minimum atomic E-state index is -3.88. The molecule has 30 heteroatoms. The maximum atomic E-state index is 14.5. The van der Waals surface area contributed by atoms with Gasteiger partial charge in [-0.15, -0.1) is 0 Å². The van der Waals surface area contributed by atoms with E-state index in [0.29, 0.717) is 37.5 Å². The second-order valence-corrected chi connectivity index (χ2v) is 20.2. The number of benzene rings is 4. The van der Waals surface area contributed by atoms with Crippen LogP contribution in [0.25, 0.3) is 22.3 Å². The van der Waals surface area contributed by atoms with Gasteiger partial charge in [-0.3, -0.25) is 14.4 Å². The molecule has 0 spiro atoms. The minimum absolute atomic E-state index is 0. The fourth-order valence-corrected chi connectivity index (χ4v) is 8.20. The first kappa shape index (κ1) is 68.3. The Bertz CT molecular complexity index is 3150. The van der Waals surface area contributed by atoms with E-state index >= 15 is 0 Å². The van der Waals surface area contributed by atoms with E-state index in [2.05, 4.69) is 14.9 Å². The van der Waals surface area contributed by atoms with E-state index in [0.717, 1.165) is 43.0 Å². The molecule has 0 bridgehead atoms. The van der Waals surface area contributed by atoms with Crippen LogP contribution in [0.5, 0.6) is 17.4 Å². The predicted molar refractivity (Wildman–Crippen MR) is 256 cm³/mol. The second kappa shape index (κ2) is 30.9. The van der Waals surface area contributed by atoms with Crippen LogP contribution >= 0.6 is 92.8 Å². The van der Waals surface area contributed by atoms with Crippen LogP contribution in [0.1, 0.15) is 33.3 Å². The molecule has 2 heterocycles. The molecule has 370 valence electrons. The van der Waals surface area contributed by atoms with Crippen molar-refractivity contribution in [3.63, 3.8) is 0 Å². The van der Waals surface area contributed by atoms with E-state index in [4.69, 9.17) is 113 Å². The average Bonchev–Trinajstić information content (AvgIpc) is 3.23. The molecule has 4 aromatic carbocycles. The summed E-state index contributed by atoms with van der Waals surface area (Å²) in [7, 11) is -7.73. The smallest absolute Gasteiger partial charge is 1.00 e. The predicted octanol–water partition coefficient (Wildman–Crippen LogP) is 4.88. The number of rotatable bonds is 9. The number of aromatic hydroxyl groups is 1. The molecule has 6 aromatic rings. The average molecular weight is 1420 g/mol. The van der Waals surface area contributed by atoms with Crippen LogP contribution < -0.4 is 157 Å². The topological polar surface area (TPSA) is 231 Å². The van der Waals surface area contributed by atoms with Gasteiger partial charge in [0, 0.05) is 54.7 Å². The van der Waals surface area contributed by atoms with Crippen molar-refractivity contribution >= 4 is 131 Å².